The maximum atomic E-state index is 13.7. The molecule has 0 saturated heterocycles. The standard InChI is InChI=1S/C34H37N5O5/c1-22-19-39(23(2)21-40)32(41)28-18-26(36-33(42)35-25-12-5-4-6-13-25)16-17-30(28)44-31(22)20-38(3)34(43)37-29-15-9-11-24-10-7-8-14-27(24)29/h4-18,22-23,31,40H,19-21H2,1-3H3,(H,37,43)(H2,35,36,42)/t22-,23+,31+/m1/s1. The highest BCUT2D eigenvalue weighted by molar-refractivity contribution is 6.03. The van der Waals surface area contributed by atoms with Gasteiger partial charge < -0.3 is 35.6 Å². The Hall–Kier alpha value is -5.09. The Morgan fingerprint density at radius 3 is 2.43 bits per heavy atom. The molecule has 10 heteroatoms. The van der Waals surface area contributed by atoms with Gasteiger partial charge in [0.1, 0.15) is 11.9 Å². The highest BCUT2D eigenvalue weighted by Gasteiger charge is 2.34. The van der Waals surface area contributed by atoms with Crippen LogP contribution in [0.2, 0.25) is 0 Å². The molecule has 1 heterocycles. The summed E-state index contributed by atoms with van der Waals surface area (Å²) < 4.78 is 6.42. The van der Waals surface area contributed by atoms with Crippen molar-refractivity contribution in [2.45, 2.75) is 26.0 Å². The Morgan fingerprint density at radius 1 is 0.955 bits per heavy atom. The SMILES string of the molecule is C[C@@H]1CN([C@@H](C)CO)C(=O)c2cc(NC(=O)Nc3ccccc3)ccc2O[C@H]1CN(C)C(=O)Nc1cccc2ccccc12. The third-order valence-electron chi connectivity index (χ3n) is 7.79. The third kappa shape index (κ3) is 6.92. The maximum absolute atomic E-state index is 13.7. The van der Waals surface area contributed by atoms with Crippen molar-refractivity contribution < 1.29 is 24.2 Å². The van der Waals surface area contributed by atoms with Gasteiger partial charge in [-0.25, -0.2) is 9.59 Å². The van der Waals surface area contributed by atoms with E-state index in [9.17, 15) is 19.5 Å². The van der Waals surface area contributed by atoms with E-state index in [0.29, 0.717) is 29.4 Å². The zero-order valence-corrected chi connectivity index (χ0v) is 25.0. The molecule has 5 amide bonds. The first-order chi connectivity index (χ1) is 21.2. The van der Waals surface area contributed by atoms with Gasteiger partial charge in [0.05, 0.1) is 30.4 Å². The van der Waals surface area contributed by atoms with Crippen molar-refractivity contribution in [3.05, 3.63) is 96.6 Å². The second-order valence-corrected chi connectivity index (χ2v) is 11.1. The van der Waals surface area contributed by atoms with Crippen molar-refractivity contribution in [2.75, 3.05) is 42.7 Å². The summed E-state index contributed by atoms with van der Waals surface area (Å²) in [5, 5.41) is 20.5. The summed E-state index contributed by atoms with van der Waals surface area (Å²) in [6, 6.07) is 26.3. The number of nitrogens with one attached hydrogen (secondary N) is 3. The lowest BCUT2D eigenvalue weighted by Crippen LogP contribution is -2.50. The van der Waals surface area contributed by atoms with Gasteiger partial charge >= 0.3 is 12.1 Å². The summed E-state index contributed by atoms with van der Waals surface area (Å²) >= 11 is 0. The van der Waals surface area contributed by atoms with E-state index in [0.717, 1.165) is 10.8 Å². The van der Waals surface area contributed by atoms with Crippen LogP contribution in [0.1, 0.15) is 24.2 Å². The van der Waals surface area contributed by atoms with Crippen molar-refractivity contribution in [3.63, 3.8) is 0 Å². The van der Waals surface area contributed by atoms with Gasteiger partial charge in [-0.05, 0) is 48.7 Å². The number of aliphatic hydroxyl groups is 1. The summed E-state index contributed by atoms with van der Waals surface area (Å²) in [4.78, 5) is 42.9. The van der Waals surface area contributed by atoms with Crippen LogP contribution in [0.5, 0.6) is 5.75 Å². The van der Waals surface area contributed by atoms with Gasteiger partial charge in [0.15, 0.2) is 0 Å². The number of anilines is 3. The minimum absolute atomic E-state index is 0.177. The van der Waals surface area contributed by atoms with Gasteiger partial charge in [-0.1, -0.05) is 61.5 Å². The quantitative estimate of drug-likeness (QED) is 0.213. The number of ether oxygens (including phenoxy) is 1. The molecule has 0 aliphatic carbocycles. The van der Waals surface area contributed by atoms with Crippen LogP contribution >= 0.6 is 0 Å². The number of urea groups is 2. The molecular formula is C34H37N5O5. The van der Waals surface area contributed by atoms with E-state index in [1.807, 2.05) is 67.6 Å². The number of fused-ring (bicyclic) bond motifs is 2. The lowest BCUT2D eigenvalue weighted by Gasteiger charge is -2.38. The van der Waals surface area contributed by atoms with Gasteiger partial charge in [-0.15, -0.1) is 0 Å². The monoisotopic (exact) mass is 595 g/mol. The van der Waals surface area contributed by atoms with E-state index in [-0.39, 0.29) is 36.6 Å². The summed E-state index contributed by atoms with van der Waals surface area (Å²) in [5.41, 5.74) is 2.00. The number of rotatable bonds is 7. The van der Waals surface area contributed by atoms with Gasteiger partial charge in [-0.2, -0.15) is 0 Å². The summed E-state index contributed by atoms with van der Waals surface area (Å²) in [6.07, 6.45) is -0.473. The predicted molar refractivity (Wildman–Crippen MR) is 172 cm³/mol. The molecule has 0 unspecified atom stereocenters. The van der Waals surface area contributed by atoms with Gasteiger partial charge in [0.25, 0.3) is 5.91 Å². The van der Waals surface area contributed by atoms with E-state index < -0.39 is 18.2 Å². The number of carbonyl (C=O) groups is 3. The first-order valence-electron chi connectivity index (χ1n) is 14.6. The molecule has 0 aromatic heterocycles. The molecule has 4 N–H and O–H groups in total. The molecule has 0 radical (unpaired) electrons. The van der Waals surface area contributed by atoms with Gasteiger partial charge in [-0.3, -0.25) is 4.79 Å². The van der Waals surface area contributed by atoms with Crippen LogP contribution in [0.15, 0.2) is 91.0 Å². The van der Waals surface area contributed by atoms with E-state index >= 15 is 0 Å². The zero-order valence-electron chi connectivity index (χ0n) is 25.0. The van der Waals surface area contributed by atoms with Crippen molar-refractivity contribution in [1.29, 1.82) is 0 Å². The number of para-hydroxylation sites is 1. The molecule has 10 nitrogen and oxygen atoms in total. The number of benzene rings is 4. The molecule has 0 spiro atoms. The smallest absolute Gasteiger partial charge is 0.323 e. The van der Waals surface area contributed by atoms with Crippen LogP contribution in [0.3, 0.4) is 0 Å². The minimum Gasteiger partial charge on any atom is -0.487 e. The highest BCUT2D eigenvalue weighted by Crippen LogP contribution is 2.31. The minimum atomic E-state index is -0.473. The molecule has 4 aromatic carbocycles. The summed E-state index contributed by atoms with van der Waals surface area (Å²) in [5.74, 6) is -0.164. The maximum Gasteiger partial charge on any atom is 0.323 e. The average Bonchev–Trinajstić information content (AvgIpc) is 3.03. The number of aliphatic hydroxyl groups excluding tert-OH is 1. The Bertz CT molecular complexity index is 1640. The lowest BCUT2D eigenvalue weighted by molar-refractivity contribution is 0.0371. The van der Waals surface area contributed by atoms with Crippen LogP contribution in [-0.2, 0) is 0 Å². The predicted octanol–water partition coefficient (Wildman–Crippen LogP) is 5.87. The first-order valence-corrected chi connectivity index (χ1v) is 14.6. The Kier molecular flexibility index (Phi) is 9.30. The van der Waals surface area contributed by atoms with Crippen LogP contribution in [0.25, 0.3) is 10.8 Å². The second-order valence-electron chi connectivity index (χ2n) is 11.1. The van der Waals surface area contributed by atoms with E-state index in [1.165, 1.54) is 0 Å². The number of carbonyl (C=O) groups excluding carboxylic acids is 3. The van der Waals surface area contributed by atoms with Crippen molar-refractivity contribution in [3.8, 4) is 5.75 Å². The lowest BCUT2D eigenvalue weighted by atomic mass is 9.99. The normalized spacial score (nSPS) is 17.0. The van der Waals surface area contributed by atoms with Crippen molar-refractivity contribution in [2.24, 2.45) is 5.92 Å². The van der Waals surface area contributed by atoms with E-state index in [1.54, 1.807) is 54.1 Å². The number of amides is 5. The van der Waals surface area contributed by atoms with Crippen LogP contribution < -0.4 is 20.7 Å². The number of likely N-dealkylation sites (N-methyl/N-ethyl adjacent to an activating group) is 1. The van der Waals surface area contributed by atoms with Gasteiger partial charge in [0.2, 0.25) is 0 Å². The summed E-state index contributed by atoms with van der Waals surface area (Å²) in [7, 11) is 1.70. The molecule has 1 aliphatic rings. The Labute approximate surface area is 256 Å². The van der Waals surface area contributed by atoms with E-state index in [4.69, 9.17) is 4.74 Å². The fourth-order valence-corrected chi connectivity index (χ4v) is 5.23. The molecule has 5 rings (SSSR count). The van der Waals surface area contributed by atoms with Crippen LogP contribution in [-0.4, -0.2) is 71.8 Å². The fourth-order valence-electron chi connectivity index (χ4n) is 5.23. The first kappa shape index (κ1) is 30.4. The molecule has 4 aromatic rings. The molecule has 3 atom stereocenters. The molecule has 0 saturated carbocycles. The molecule has 228 valence electrons. The zero-order chi connectivity index (χ0) is 31.2. The number of hydrogen-bond acceptors (Lipinski definition) is 5. The molecule has 1 aliphatic heterocycles. The second kappa shape index (κ2) is 13.5. The van der Waals surface area contributed by atoms with E-state index in [2.05, 4.69) is 16.0 Å². The van der Waals surface area contributed by atoms with Crippen molar-refractivity contribution >= 4 is 45.8 Å². The molecule has 44 heavy (non-hydrogen) atoms. The molecule has 0 bridgehead atoms. The Balaban J connectivity index is 1.36. The molecule has 0 fully saturated rings. The summed E-state index contributed by atoms with van der Waals surface area (Å²) in [6.45, 7) is 4.06. The number of hydrogen-bond donors (Lipinski definition) is 4. The largest absolute Gasteiger partial charge is 0.487 e. The molecular weight excluding hydrogens is 558 g/mol. The van der Waals surface area contributed by atoms with Gasteiger partial charge in [0, 0.05) is 36.3 Å². The van der Waals surface area contributed by atoms with Crippen LogP contribution in [0.4, 0.5) is 26.7 Å². The topological polar surface area (TPSA) is 123 Å². The van der Waals surface area contributed by atoms with Crippen molar-refractivity contribution in [1.82, 2.24) is 9.80 Å². The average molecular weight is 596 g/mol. The number of nitrogens with zero attached hydrogens (tertiary/aromatic N) is 2. The third-order valence-corrected chi connectivity index (χ3v) is 7.79. The Morgan fingerprint density at radius 2 is 1.66 bits per heavy atom. The van der Waals surface area contributed by atoms with Crippen LogP contribution in [0, 0.1) is 5.92 Å². The highest BCUT2D eigenvalue weighted by atomic mass is 16.5. The fraction of sp³-hybridized carbons (Fsp3) is 0.265.